The molecule has 0 spiro atoms. The van der Waals surface area contributed by atoms with Crippen LogP contribution in [0.3, 0.4) is 0 Å². The second-order valence-corrected chi connectivity index (χ2v) is 3.82. The van der Waals surface area contributed by atoms with E-state index in [4.69, 9.17) is 9.47 Å². The van der Waals surface area contributed by atoms with E-state index in [0.717, 1.165) is 12.0 Å². The van der Waals surface area contributed by atoms with Crippen molar-refractivity contribution in [1.29, 1.82) is 0 Å². The molecule has 0 bridgehead atoms. The molecule has 4 heteroatoms. The molecule has 0 amide bonds. The van der Waals surface area contributed by atoms with E-state index in [1.807, 2.05) is 0 Å². The molecule has 0 saturated heterocycles. The predicted molar refractivity (Wildman–Crippen MR) is 65.2 cm³/mol. The zero-order valence-corrected chi connectivity index (χ0v) is 10.6. The quantitative estimate of drug-likeness (QED) is 0.744. The fourth-order valence-corrected chi connectivity index (χ4v) is 1.69. The predicted octanol–water partition coefficient (Wildman–Crippen LogP) is 2.49. The first-order valence-corrected chi connectivity index (χ1v) is 5.75. The maximum absolute atomic E-state index is 12.8. The molecular formula is C13H20FNO2. The standard InChI is InChI=1S/C13H20FNO2/c1-4-12(15-9-13(16-2)17-3)10-5-7-11(14)8-6-10/h5-8,12-13,15H,4,9H2,1-3H3. The summed E-state index contributed by atoms with van der Waals surface area (Å²) in [6.07, 6.45) is 0.663. The molecule has 1 rings (SSSR count). The molecule has 0 fully saturated rings. The van der Waals surface area contributed by atoms with Crippen LogP contribution in [0.25, 0.3) is 0 Å². The summed E-state index contributed by atoms with van der Waals surface area (Å²) in [5, 5.41) is 3.33. The van der Waals surface area contributed by atoms with Gasteiger partial charge in [-0.25, -0.2) is 4.39 Å². The van der Waals surface area contributed by atoms with Gasteiger partial charge in [0, 0.05) is 26.8 Å². The lowest BCUT2D eigenvalue weighted by Gasteiger charge is -2.21. The highest BCUT2D eigenvalue weighted by Crippen LogP contribution is 2.16. The van der Waals surface area contributed by atoms with E-state index in [-0.39, 0.29) is 18.1 Å². The molecule has 17 heavy (non-hydrogen) atoms. The minimum Gasteiger partial charge on any atom is -0.355 e. The Kier molecular flexibility index (Phi) is 6.11. The number of hydrogen-bond donors (Lipinski definition) is 1. The summed E-state index contributed by atoms with van der Waals surface area (Å²) in [4.78, 5) is 0. The van der Waals surface area contributed by atoms with E-state index in [2.05, 4.69) is 12.2 Å². The number of nitrogens with one attached hydrogen (secondary N) is 1. The molecule has 0 saturated carbocycles. The first-order valence-electron chi connectivity index (χ1n) is 5.75. The number of benzene rings is 1. The first kappa shape index (κ1) is 14.1. The van der Waals surface area contributed by atoms with Crippen LogP contribution in [-0.2, 0) is 9.47 Å². The normalized spacial score (nSPS) is 13.0. The monoisotopic (exact) mass is 241 g/mol. The molecule has 96 valence electrons. The van der Waals surface area contributed by atoms with Crippen molar-refractivity contribution in [2.45, 2.75) is 25.7 Å². The Morgan fingerprint density at radius 1 is 1.18 bits per heavy atom. The van der Waals surface area contributed by atoms with Crippen molar-refractivity contribution in [3.05, 3.63) is 35.6 Å². The summed E-state index contributed by atoms with van der Waals surface area (Å²) in [5.41, 5.74) is 1.07. The van der Waals surface area contributed by atoms with Crippen molar-refractivity contribution in [2.75, 3.05) is 20.8 Å². The lowest BCUT2D eigenvalue weighted by atomic mass is 10.0. The van der Waals surface area contributed by atoms with Gasteiger partial charge in [0.2, 0.25) is 0 Å². The van der Waals surface area contributed by atoms with E-state index in [0.29, 0.717) is 6.54 Å². The van der Waals surface area contributed by atoms with E-state index >= 15 is 0 Å². The highest BCUT2D eigenvalue weighted by Gasteiger charge is 2.12. The molecular weight excluding hydrogens is 221 g/mol. The van der Waals surface area contributed by atoms with Crippen LogP contribution in [0.4, 0.5) is 4.39 Å². The van der Waals surface area contributed by atoms with Gasteiger partial charge in [-0.05, 0) is 24.1 Å². The van der Waals surface area contributed by atoms with Gasteiger partial charge in [0.15, 0.2) is 6.29 Å². The van der Waals surface area contributed by atoms with Crippen molar-refractivity contribution in [3.63, 3.8) is 0 Å². The lowest BCUT2D eigenvalue weighted by molar-refractivity contribution is -0.0999. The van der Waals surface area contributed by atoms with E-state index in [1.54, 1.807) is 26.4 Å². The third kappa shape index (κ3) is 4.42. The SMILES string of the molecule is CCC(NCC(OC)OC)c1ccc(F)cc1. The topological polar surface area (TPSA) is 30.5 Å². The highest BCUT2D eigenvalue weighted by molar-refractivity contribution is 5.19. The van der Waals surface area contributed by atoms with Gasteiger partial charge in [-0.3, -0.25) is 0 Å². The Balaban J connectivity index is 2.56. The van der Waals surface area contributed by atoms with Crippen LogP contribution in [0.5, 0.6) is 0 Å². The molecule has 1 atom stereocenters. The van der Waals surface area contributed by atoms with Gasteiger partial charge in [-0.15, -0.1) is 0 Å². The molecule has 1 aromatic carbocycles. The Bertz CT molecular complexity index is 312. The summed E-state index contributed by atoms with van der Waals surface area (Å²) in [6, 6.07) is 6.73. The summed E-state index contributed by atoms with van der Waals surface area (Å²) in [7, 11) is 3.21. The van der Waals surface area contributed by atoms with Crippen molar-refractivity contribution in [2.24, 2.45) is 0 Å². The van der Waals surface area contributed by atoms with Crippen molar-refractivity contribution >= 4 is 0 Å². The largest absolute Gasteiger partial charge is 0.355 e. The molecule has 0 aliphatic rings. The molecule has 1 aromatic rings. The first-order chi connectivity index (χ1) is 8.21. The van der Waals surface area contributed by atoms with Crippen LogP contribution in [0.15, 0.2) is 24.3 Å². The summed E-state index contributed by atoms with van der Waals surface area (Å²) in [5.74, 6) is -0.213. The van der Waals surface area contributed by atoms with Gasteiger partial charge in [-0.2, -0.15) is 0 Å². The number of hydrogen-bond acceptors (Lipinski definition) is 3. The van der Waals surface area contributed by atoms with Crippen LogP contribution in [0.1, 0.15) is 24.9 Å². The average Bonchev–Trinajstić information content (AvgIpc) is 2.36. The van der Waals surface area contributed by atoms with Gasteiger partial charge in [0.05, 0.1) is 0 Å². The van der Waals surface area contributed by atoms with Crippen LogP contribution in [-0.4, -0.2) is 27.1 Å². The zero-order valence-electron chi connectivity index (χ0n) is 10.6. The number of methoxy groups -OCH3 is 2. The average molecular weight is 241 g/mol. The molecule has 0 aliphatic carbocycles. The summed E-state index contributed by atoms with van der Waals surface area (Å²) in [6.45, 7) is 2.68. The van der Waals surface area contributed by atoms with Crippen LogP contribution in [0, 0.1) is 5.82 Å². The molecule has 0 aromatic heterocycles. The van der Waals surface area contributed by atoms with Crippen molar-refractivity contribution < 1.29 is 13.9 Å². The van der Waals surface area contributed by atoms with Gasteiger partial charge in [-0.1, -0.05) is 19.1 Å². The van der Waals surface area contributed by atoms with Crippen LogP contribution >= 0.6 is 0 Å². The second kappa shape index (κ2) is 7.37. The Hall–Kier alpha value is -0.970. The third-order valence-corrected chi connectivity index (χ3v) is 2.74. The smallest absolute Gasteiger partial charge is 0.169 e. The lowest BCUT2D eigenvalue weighted by Crippen LogP contribution is -2.32. The Morgan fingerprint density at radius 2 is 1.76 bits per heavy atom. The van der Waals surface area contributed by atoms with Gasteiger partial charge in [0.1, 0.15) is 5.82 Å². The molecule has 1 N–H and O–H groups in total. The van der Waals surface area contributed by atoms with E-state index in [1.165, 1.54) is 12.1 Å². The highest BCUT2D eigenvalue weighted by atomic mass is 19.1. The minimum absolute atomic E-state index is 0.184. The van der Waals surface area contributed by atoms with Crippen molar-refractivity contribution in [3.8, 4) is 0 Å². The molecule has 0 heterocycles. The minimum atomic E-state index is -0.260. The van der Waals surface area contributed by atoms with Crippen LogP contribution in [0.2, 0.25) is 0 Å². The number of ether oxygens (including phenoxy) is 2. The van der Waals surface area contributed by atoms with Crippen LogP contribution < -0.4 is 5.32 Å². The number of halogens is 1. The molecule has 3 nitrogen and oxygen atoms in total. The third-order valence-electron chi connectivity index (χ3n) is 2.74. The van der Waals surface area contributed by atoms with Gasteiger partial charge >= 0.3 is 0 Å². The van der Waals surface area contributed by atoms with Gasteiger partial charge < -0.3 is 14.8 Å². The van der Waals surface area contributed by atoms with E-state index < -0.39 is 0 Å². The Morgan fingerprint density at radius 3 is 2.24 bits per heavy atom. The molecule has 0 aliphatic heterocycles. The zero-order chi connectivity index (χ0) is 12.7. The molecule has 0 radical (unpaired) electrons. The summed E-state index contributed by atoms with van der Waals surface area (Å²) < 4.78 is 23.0. The van der Waals surface area contributed by atoms with Crippen molar-refractivity contribution in [1.82, 2.24) is 5.32 Å². The second-order valence-electron chi connectivity index (χ2n) is 3.82. The van der Waals surface area contributed by atoms with Gasteiger partial charge in [0.25, 0.3) is 0 Å². The maximum atomic E-state index is 12.8. The number of rotatable bonds is 7. The summed E-state index contributed by atoms with van der Waals surface area (Å²) >= 11 is 0. The Labute approximate surface area is 102 Å². The fraction of sp³-hybridized carbons (Fsp3) is 0.538. The molecule has 1 unspecified atom stereocenters. The van der Waals surface area contributed by atoms with E-state index in [9.17, 15) is 4.39 Å². The fourth-order valence-electron chi connectivity index (χ4n) is 1.69. The maximum Gasteiger partial charge on any atom is 0.169 e.